The van der Waals surface area contributed by atoms with Crippen molar-refractivity contribution in [3.05, 3.63) is 24.3 Å². The smallest absolute Gasteiger partial charge is 0.222 e. The summed E-state index contributed by atoms with van der Waals surface area (Å²) in [6.45, 7) is 4.25. The van der Waals surface area contributed by atoms with E-state index in [9.17, 15) is 4.79 Å². The lowest BCUT2D eigenvalue weighted by atomic mass is 10.1. The van der Waals surface area contributed by atoms with Gasteiger partial charge in [-0.3, -0.25) is 4.79 Å². The number of likely N-dealkylation sites (tertiary alicyclic amines) is 1. The number of rotatable bonds is 14. The van der Waals surface area contributed by atoms with Crippen molar-refractivity contribution in [1.82, 2.24) is 4.90 Å². The van der Waals surface area contributed by atoms with Crippen LogP contribution >= 0.6 is 0 Å². The number of hydrogen-bond donors (Lipinski definition) is 0. The van der Waals surface area contributed by atoms with Gasteiger partial charge in [-0.15, -0.1) is 0 Å². The second-order valence-corrected chi connectivity index (χ2v) is 7.06. The number of nitrogens with zero attached hydrogens (tertiary/aromatic N) is 1. The van der Waals surface area contributed by atoms with Crippen LogP contribution in [0.1, 0.15) is 96.8 Å². The SMILES string of the molecule is CCCCCC/C=C\CC/C=C\CCCCCC(=O)N1CCCC1. The predicted octanol–water partition coefficient (Wildman–Crippen LogP) is 6.42. The van der Waals surface area contributed by atoms with Crippen molar-refractivity contribution in [3.8, 4) is 0 Å². The van der Waals surface area contributed by atoms with Gasteiger partial charge in [-0.05, 0) is 57.8 Å². The molecule has 0 bridgehead atoms. The van der Waals surface area contributed by atoms with Gasteiger partial charge < -0.3 is 4.90 Å². The minimum absolute atomic E-state index is 0.379. The average molecular weight is 334 g/mol. The number of unbranched alkanes of at least 4 members (excludes halogenated alkanes) is 8. The maximum atomic E-state index is 11.9. The monoisotopic (exact) mass is 333 g/mol. The lowest BCUT2D eigenvalue weighted by Crippen LogP contribution is -2.27. The molecule has 0 atom stereocenters. The molecule has 0 aliphatic carbocycles. The van der Waals surface area contributed by atoms with Crippen molar-refractivity contribution in [2.24, 2.45) is 0 Å². The van der Waals surface area contributed by atoms with Crippen molar-refractivity contribution < 1.29 is 4.79 Å². The predicted molar refractivity (Wildman–Crippen MR) is 105 cm³/mol. The molecular weight excluding hydrogens is 294 g/mol. The van der Waals surface area contributed by atoms with E-state index in [-0.39, 0.29) is 0 Å². The molecule has 2 nitrogen and oxygen atoms in total. The highest BCUT2D eigenvalue weighted by atomic mass is 16.2. The Labute approximate surface area is 150 Å². The van der Waals surface area contributed by atoms with Crippen molar-refractivity contribution in [2.75, 3.05) is 13.1 Å². The standard InChI is InChI=1S/C22H39NO/c1-2-3-4-5-6-7-8-9-10-11-12-13-14-15-16-19-22(24)23-20-17-18-21-23/h7-8,11-12H,2-6,9-10,13-21H2,1H3/b8-7-,12-11-. The highest BCUT2D eigenvalue weighted by Crippen LogP contribution is 2.12. The number of carbonyl (C=O) groups excluding carboxylic acids is 1. The average Bonchev–Trinajstić information content (AvgIpc) is 3.13. The molecule has 0 radical (unpaired) electrons. The van der Waals surface area contributed by atoms with E-state index in [1.165, 1.54) is 77.0 Å². The number of carbonyl (C=O) groups is 1. The quantitative estimate of drug-likeness (QED) is 0.265. The molecular formula is C22H39NO. The largest absolute Gasteiger partial charge is 0.343 e. The van der Waals surface area contributed by atoms with Gasteiger partial charge in [0.05, 0.1) is 0 Å². The molecule has 0 unspecified atom stereocenters. The lowest BCUT2D eigenvalue weighted by Gasteiger charge is -2.14. The first-order chi connectivity index (χ1) is 11.8. The van der Waals surface area contributed by atoms with Crippen LogP contribution in [0.25, 0.3) is 0 Å². The van der Waals surface area contributed by atoms with Gasteiger partial charge in [0.15, 0.2) is 0 Å². The van der Waals surface area contributed by atoms with E-state index >= 15 is 0 Å². The second kappa shape index (κ2) is 15.5. The van der Waals surface area contributed by atoms with Crippen LogP contribution in [0.5, 0.6) is 0 Å². The van der Waals surface area contributed by atoms with E-state index in [1.807, 2.05) is 4.90 Å². The van der Waals surface area contributed by atoms with Gasteiger partial charge >= 0.3 is 0 Å². The molecule has 0 aromatic carbocycles. The summed E-state index contributed by atoms with van der Waals surface area (Å²) >= 11 is 0. The Morgan fingerprint density at radius 2 is 1.29 bits per heavy atom. The van der Waals surface area contributed by atoms with Gasteiger partial charge in [0.2, 0.25) is 5.91 Å². The van der Waals surface area contributed by atoms with Crippen molar-refractivity contribution in [1.29, 1.82) is 0 Å². The van der Waals surface area contributed by atoms with Gasteiger partial charge in [-0.1, -0.05) is 56.9 Å². The first-order valence-corrected chi connectivity index (χ1v) is 10.4. The normalized spacial score (nSPS) is 15.1. The fourth-order valence-electron chi connectivity index (χ4n) is 3.19. The molecule has 1 saturated heterocycles. The zero-order valence-electron chi connectivity index (χ0n) is 16.0. The van der Waals surface area contributed by atoms with E-state index < -0.39 is 0 Å². The van der Waals surface area contributed by atoms with Crippen LogP contribution in [0.2, 0.25) is 0 Å². The van der Waals surface area contributed by atoms with Crippen molar-refractivity contribution >= 4 is 5.91 Å². The highest BCUT2D eigenvalue weighted by molar-refractivity contribution is 5.76. The molecule has 1 fully saturated rings. The minimum Gasteiger partial charge on any atom is -0.343 e. The molecule has 1 amide bonds. The number of hydrogen-bond acceptors (Lipinski definition) is 1. The number of amides is 1. The third kappa shape index (κ3) is 11.5. The van der Waals surface area contributed by atoms with Crippen LogP contribution in [0, 0.1) is 0 Å². The molecule has 1 aliphatic rings. The Morgan fingerprint density at radius 3 is 1.88 bits per heavy atom. The highest BCUT2D eigenvalue weighted by Gasteiger charge is 2.16. The Morgan fingerprint density at radius 1 is 0.750 bits per heavy atom. The Balaban J connectivity index is 1.82. The van der Waals surface area contributed by atoms with Crippen LogP contribution < -0.4 is 0 Å². The first kappa shape index (κ1) is 21.0. The second-order valence-electron chi connectivity index (χ2n) is 7.06. The fraction of sp³-hybridized carbons (Fsp3) is 0.773. The Kier molecular flexibility index (Phi) is 13.5. The summed E-state index contributed by atoms with van der Waals surface area (Å²) in [5.74, 6) is 0.379. The fourth-order valence-corrected chi connectivity index (χ4v) is 3.19. The molecule has 0 saturated carbocycles. The molecule has 0 N–H and O–H groups in total. The lowest BCUT2D eigenvalue weighted by molar-refractivity contribution is -0.130. The van der Waals surface area contributed by atoms with Crippen molar-refractivity contribution in [2.45, 2.75) is 96.8 Å². The third-order valence-electron chi connectivity index (χ3n) is 4.78. The molecule has 138 valence electrons. The van der Waals surface area contributed by atoms with Crippen LogP contribution in [-0.2, 0) is 4.79 Å². The molecule has 1 rings (SSSR count). The number of allylic oxidation sites excluding steroid dienone is 4. The van der Waals surface area contributed by atoms with E-state index in [2.05, 4.69) is 31.2 Å². The van der Waals surface area contributed by atoms with Gasteiger partial charge in [0.1, 0.15) is 0 Å². The molecule has 2 heteroatoms. The summed E-state index contributed by atoms with van der Waals surface area (Å²) in [4.78, 5) is 13.9. The molecule has 0 spiro atoms. The van der Waals surface area contributed by atoms with Crippen LogP contribution in [0.3, 0.4) is 0 Å². The van der Waals surface area contributed by atoms with E-state index in [0.717, 1.165) is 25.9 Å². The summed E-state index contributed by atoms with van der Waals surface area (Å²) in [6, 6.07) is 0. The van der Waals surface area contributed by atoms with Crippen LogP contribution in [0.15, 0.2) is 24.3 Å². The van der Waals surface area contributed by atoms with Crippen LogP contribution in [-0.4, -0.2) is 23.9 Å². The van der Waals surface area contributed by atoms with Crippen molar-refractivity contribution in [3.63, 3.8) is 0 Å². The zero-order valence-corrected chi connectivity index (χ0v) is 16.0. The third-order valence-corrected chi connectivity index (χ3v) is 4.78. The topological polar surface area (TPSA) is 20.3 Å². The van der Waals surface area contributed by atoms with E-state index in [1.54, 1.807) is 0 Å². The van der Waals surface area contributed by atoms with Crippen LogP contribution in [0.4, 0.5) is 0 Å². The minimum atomic E-state index is 0.379. The molecule has 24 heavy (non-hydrogen) atoms. The van der Waals surface area contributed by atoms with E-state index in [0.29, 0.717) is 5.91 Å². The van der Waals surface area contributed by atoms with E-state index in [4.69, 9.17) is 0 Å². The molecule has 0 aromatic heterocycles. The summed E-state index contributed by atoms with van der Waals surface area (Å²) in [6.07, 6.45) is 26.1. The van der Waals surface area contributed by atoms with Gasteiger partial charge in [-0.2, -0.15) is 0 Å². The Bertz CT molecular complexity index is 353. The van der Waals surface area contributed by atoms with Gasteiger partial charge in [0.25, 0.3) is 0 Å². The summed E-state index contributed by atoms with van der Waals surface area (Å²) in [7, 11) is 0. The van der Waals surface area contributed by atoms with Gasteiger partial charge in [-0.25, -0.2) is 0 Å². The molecule has 1 heterocycles. The maximum absolute atomic E-state index is 11.9. The molecule has 0 aromatic rings. The molecule has 1 aliphatic heterocycles. The summed E-state index contributed by atoms with van der Waals surface area (Å²) < 4.78 is 0. The maximum Gasteiger partial charge on any atom is 0.222 e. The summed E-state index contributed by atoms with van der Waals surface area (Å²) in [5.41, 5.74) is 0. The zero-order chi connectivity index (χ0) is 17.3. The Hall–Kier alpha value is -1.05. The first-order valence-electron chi connectivity index (χ1n) is 10.4. The van der Waals surface area contributed by atoms with Gasteiger partial charge in [0, 0.05) is 19.5 Å². The summed E-state index contributed by atoms with van der Waals surface area (Å²) in [5, 5.41) is 0.